The summed E-state index contributed by atoms with van der Waals surface area (Å²) in [5.41, 5.74) is 5.85. The molecule has 0 unspecified atom stereocenters. The summed E-state index contributed by atoms with van der Waals surface area (Å²) in [7, 11) is 1.66. The standard InChI is InChI=1S/C34H31BrClN3O3/c1-20(2)27-17-28(22(4)14-31(27)41-5)33-38-30-9-7-6-8-26(30)34(40)39(33)37-18-24-15-25(36)16-29(35)32(24)42-19-23-12-10-21(3)11-13-23/h6-18,20H,19H2,1-5H3. The van der Waals surface area contributed by atoms with Crippen molar-refractivity contribution in [1.82, 2.24) is 9.66 Å². The van der Waals surface area contributed by atoms with Crippen molar-refractivity contribution in [3.63, 3.8) is 0 Å². The molecule has 5 rings (SSSR count). The number of halogens is 2. The first-order valence-electron chi connectivity index (χ1n) is 13.6. The Kier molecular flexibility index (Phi) is 8.80. The second-order valence-electron chi connectivity index (χ2n) is 10.5. The van der Waals surface area contributed by atoms with Gasteiger partial charge in [0.15, 0.2) is 5.82 Å². The molecule has 6 nitrogen and oxygen atoms in total. The van der Waals surface area contributed by atoms with Crippen molar-refractivity contribution in [3.8, 4) is 22.9 Å². The van der Waals surface area contributed by atoms with Crippen molar-refractivity contribution in [2.75, 3.05) is 7.11 Å². The van der Waals surface area contributed by atoms with Crippen molar-refractivity contribution >= 4 is 44.6 Å². The van der Waals surface area contributed by atoms with E-state index >= 15 is 0 Å². The zero-order chi connectivity index (χ0) is 30.0. The van der Waals surface area contributed by atoms with Gasteiger partial charge in [-0.1, -0.05) is 67.4 Å². The van der Waals surface area contributed by atoms with Gasteiger partial charge in [0, 0.05) is 16.1 Å². The molecule has 0 atom stereocenters. The van der Waals surface area contributed by atoms with Crippen LogP contribution < -0.4 is 15.0 Å². The predicted octanol–water partition coefficient (Wildman–Crippen LogP) is 8.69. The molecule has 1 heterocycles. The summed E-state index contributed by atoms with van der Waals surface area (Å²) in [4.78, 5) is 18.8. The molecule has 0 aliphatic heterocycles. The third-order valence-corrected chi connectivity index (χ3v) is 7.85. The zero-order valence-corrected chi connectivity index (χ0v) is 26.5. The van der Waals surface area contributed by atoms with Crippen LogP contribution in [0.2, 0.25) is 5.02 Å². The average Bonchev–Trinajstić information content (AvgIpc) is 2.96. The smallest absolute Gasteiger partial charge is 0.282 e. The topological polar surface area (TPSA) is 65.7 Å². The predicted molar refractivity (Wildman–Crippen MR) is 174 cm³/mol. The van der Waals surface area contributed by atoms with E-state index < -0.39 is 0 Å². The van der Waals surface area contributed by atoms with E-state index in [0.717, 1.165) is 28.0 Å². The van der Waals surface area contributed by atoms with Crippen LogP contribution in [0.25, 0.3) is 22.3 Å². The lowest BCUT2D eigenvalue weighted by atomic mass is 9.96. The van der Waals surface area contributed by atoms with E-state index in [2.05, 4.69) is 29.8 Å². The molecule has 0 fully saturated rings. The third-order valence-electron chi connectivity index (χ3n) is 7.05. The largest absolute Gasteiger partial charge is 0.496 e. The van der Waals surface area contributed by atoms with Gasteiger partial charge in [-0.05, 0) is 88.8 Å². The molecule has 0 aliphatic rings. The van der Waals surface area contributed by atoms with Crippen LogP contribution in [0.15, 0.2) is 87.2 Å². The van der Waals surface area contributed by atoms with E-state index in [4.69, 9.17) is 31.2 Å². The van der Waals surface area contributed by atoms with Gasteiger partial charge in [-0.25, -0.2) is 4.98 Å². The Morgan fingerprint density at radius 3 is 2.50 bits per heavy atom. The van der Waals surface area contributed by atoms with Crippen molar-refractivity contribution < 1.29 is 9.47 Å². The van der Waals surface area contributed by atoms with Crippen LogP contribution >= 0.6 is 27.5 Å². The van der Waals surface area contributed by atoms with Crippen molar-refractivity contribution in [2.45, 2.75) is 40.2 Å². The van der Waals surface area contributed by atoms with Crippen LogP contribution in [0, 0.1) is 13.8 Å². The molecular weight excluding hydrogens is 614 g/mol. The number of aryl methyl sites for hydroxylation is 2. The Labute approximate surface area is 258 Å². The summed E-state index contributed by atoms with van der Waals surface area (Å²) in [6.45, 7) is 8.58. The first-order valence-corrected chi connectivity index (χ1v) is 14.8. The summed E-state index contributed by atoms with van der Waals surface area (Å²) in [6.07, 6.45) is 1.59. The fourth-order valence-electron chi connectivity index (χ4n) is 4.76. The van der Waals surface area contributed by atoms with Gasteiger partial charge in [-0.3, -0.25) is 4.79 Å². The number of ether oxygens (including phenoxy) is 2. The average molecular weight is 645 g/mol. The minimum Gasteiger partial charge on any atom is -0.496 e. The number of hydrogen-bond acceptors (Lipinski definition) is 5. The molecule has 214 valence electrons. The molecule has 0 radical (unpaired) electrons. The summed E-state index contributed by atoms with van der Waals surface area (Å²) >= 11 is 10.0. The molecule has 0 saturated heterocycles. The number of aromatic nitrogens is 2. The summed E-state index contributed by atoms with van der Waals surface area (Å²) in [5, 5.41) is 5.67. The molecule has 8 heteroatoms. The summed E-state index contributed by atoms with van der Waals surface area (Å²) in [5.74, 6) is 1.99. The SMILES string of the molecule is COc1cc(C)c(-c2nc3ccccc3c(=O)n2N=Cc2cc(Cl)cc(Br)c2OCc2ccc(C)cc2)cc1C(C)C. The highest BCUT2D eigenvalue weighted by Crippen LogP contribution is 2.35. The minimum absolute atomic E-state index is 0.195. The minimum atomic E-state index is -0.281. The van der Waals surface area contributed by atoms with Crippen LogP contribution in [0.5, 0.6) is 11.5 Å². The first kappa shape index (κ1) is 29.5. The number of nitrogens with zero attached hydrogens (tertiary/aromatic N) is 3. The summed E-state index contributed by atoms with van der Waals surface area (Å²) < 4.78 is 13.9. The van der Waals surface area contributed by atoms with E-state index in [-0.39, 0.29) is 11.5 Å². The quantitative estimate of drug-likeness (QED) is 0.159. The molecule has 1 aromatic heterocycles. The Morgan fingerprint density at radius 1 is 1.05 bits per heavy atom. The number of rotatable bonds is 8. The van der Waals surface area contributed by atoms with Gasteiger partial charge in [0.05, 0.1) is 28.7 Å². The Hall–Kier alpha value is -3.94. The second-order valence-corrected chi connectivity index (χ2v) is 11.7. The van der Waals surface area contributed by atoms with Crippen molar-refractivity contribution in [3.05, 3.63) is 120 Å². The van der Waals surface area contributed by atoms with Crippen molar-refractivity contribution in [1.29, 1.82) is 0 Å². The Bertz CT molecular complexity index is 1860. The molecule has 5 aromatic rings. The maximum atomic E-state index is 13.9. The molecule has 0 amide bonds. The van der Waals surface area contributed by atoms with E-state index in [1.807, 2.05) is 68.4 Å². The Balaban J connectivity index is 1.65. The van der Waals surface area contributed by atoms with E-state index in [9.17, 15) is 4.79 Å². The maximum absolute atomic E-state index is 13.9. The van der Waals surface area contributed by atoms with Crippen LogP contribution in [0.4, 0.5) is 0 Å². The molecule has 42 heavy (non-hydrogen) atoms. The third kappa shape index (κ3) is 6.13. The molecule has 4 aromatic carbocycles. The number of methoxy groups -OCH3 is 1. The van der Waals surface area contributed by atoms with E-state index in [1.54, 1.807) is 31.5 Å². The lowest BCUT2D eigenvalue weighted by molar-refractivity contribution is 0.304. The van der Waals surface area contributed by atoms with Gasteiger partial charge < -0.3 is 9.47 Å². The van der Waals surface area contributed by atoms with Gasteiger partial charge in [-0.15, -0.1) is 0 Å². The normalized spacial score (nSPS) is 11.5. The lowest BCUT2D eigenvalue weighted by Crippen LogP contribution is -2.21. The molecular formula is C34H31BrClN3O3. The van der Waals surface area contributed by atoms with Gasteiger partial charge in [0.2, 0.25) is 0 Å². The highest BCUT2D eigenvalue weighted by Gasteiger charge is 2.19. The molecule has 0 bridgehead atoms. The molecule has 0 N–H and O–H groups in total. The molecule has 0 spiro atoms. The second kappa shape index (κ2) is 12.5. The van der Waals surface area contributed by atoms with Gasteiger partial charge >= 0.3 is 0 Å². The number of benzene rings is 4. The molecule has 0 aliphatic carbocycles. The fraction of sp³-hybridized carbons (Fsp3) is 0.206. The van der Waals surface area contributed by atoms with Crippen LogP contribution in [0.1, 0.15) is 47.6 Å². The fourth-order valence-corrected chi connectivity index (χ4v) is 5.71. The highest BCUT2D eigenvalue weighted by molar-refractivity contribution is 9.10. The summed E-state index contributed by atoms with van der Waals surface area (Å²) in [6, 6.07) is 23.0. The van der Waals surface area contributed by atoms with E-state index in [1.165, 1.54) is 10.2 Å². The van der Waals surface area contributed by atoms with Gasteiger partial charge in [0.25, 0.3) is 5.56 Å². The highest BCUT2D eigenvalue weighted by atomic mass is 79.9. The Morgan fingerprint density at radius 2 is 1.79 bits per heavy atom. The number of fused-ring (bicyclic) bond motifs is 1. The van der Waals surface area contributed by atoms with Gasteiger partial charge in [-0.2, -0.15) is 9.78 Å². The van der Waals surface area contributed by atoms with Crippen LogP contribution in [0.3, 0.4) is 0 Å². The maximum Gasteiger partial charge on any atom is 0.282 e. The number of para-hydroxylation sites is 1. The van der Waals surface area contributed by atoms with Crippen LogP contribution in [-0.4, -0.2) is 23.0 Å². The molecule has 0 saturated carbocycles. The van der Waals surface area contributed by atoms with Gasteiger partial charge in [0.1, 0.15) is 18.1 Å². The van der Waals surface area contributed by atoms with E-state index in [0.29, 0.717) is 44.1 Å². The zero-order valence-electron chi connectivity index (χ0n) is 24.1. The monoisotopic (exact) mass is 643 g/mol. The first-order chi connectivity index (χ1) is 20.2. The lowest BCUT2D eigenvalue weighted by Gasteiger charge is -2.17. The number of hydrogen-bond donors (Lipinski definition) is 0. The van der Waals surface area contributed by atoms with Crippen molar-refractivity contribution in [2.24, 2.45) is 5.10 Å². The van der Waals surface area contributed by atoms with Crippen LogP contribution in [-0.2, 0) is 6.61 Å².